The van der Waals surface area contributed by atoms with E-state index < -0.39 is 6.04 Å². The molecule has 4 rings (SSSR count). The molecule has 1 aromatic heterocycles. The van der Waals surface area contributed by atoms with Gasteiger partial charge in [-0.2, -0.15) is 0 Å². The summed E-state index contributed by atoms with van der Waals surface area (Å²) in [5, 5.41) is 5.17. The molecule has 2 N–H and O–H groups in total. The van der Waals surface area contributed by atoms with Gasteiger partial charge in [-0.05, 0) is 42.2 Å². The smallest absolute Gasteiger partial charge is 0.186 e. The maximum Gasteiger partial charge on any atom is 0.186 e. The van der Waals surface area contributed by atoms with Crippen molar-refractivity contribution in [1.82, 2.24) is 10.3 Å². The number of aromatic nitrogens is 1. The third kappa shape index (κ3) is 4.26. The molecule has 0 unspecified atom stereocenters. The normalized spacial score (nSPS) is 12.2. The maximum absolute atomic E-state index is 13.5. The van der Waals surface area contributed by atoms with Crippen molar-refractivity contribution >= 4 is 28.3 Å². The van der Waals surface area contributed by atoms with Crippen LogP contribution in [0.3, 0.4) is 0 Å². The van der Waals surface area contributed by atoms with Crippen molar-refractivity contribution < 1.29 is 4.79 Å². The van der Waals surface area contributed by atoms with E-state index in [4.69, 9.17) is 11.6 Å². The average molecular weight is 403 g/mol. The van der Waals surface area contributed by atoms with Gasteiger partial charge >= 0.3 is 0 Å². The van der Waals surface area contributed by atoms with Crippen molar-refractivity contribution in [2.24, 2.45) is 0 Å². The third-order valence-corrected chi connectivity index (χ3v) is 5.55. The Hall–Kier alpha value is -2.88. The monoisotopic (exact) mass is 402 g/mol. The van der Waals surface area contributed by atoms with Crippen LogP contribution in [0.4, 0.5) is 0 Å². The number of H-pyrrole nitrogens is 1. The van der Waals surface area contributed by atoms with E-state index in [0.29, 0.717) is 12.1 Å². The Balaban J connectivity index is 1.58. The van der Waals surface area contributed by atoms with E-state index in [0.717, 1.165) is 39.0 Å². The molecule has 0 aliphatic carbocycles. The van der Waals surface area contributed by atoms with Crippen LogP contribution in [0.1, 0.15) is 33.1 Å². The first-order chi connectivity index (χ1) is 14.1. The number of carbonyl (C=O) groups excluding carboxylic acids is 1. The predicted molar refractivity (Wildman–Crippen MR) is 120 cm³/mol. The summed E-state index contributed by atoms with van der Waals surface area (Å²) < 4.78 is 0. The molecule has 0 saturated heterocycles. The van der Waals surface area contributed by atoms with Crippen LogP contribution in [0.5, 0.6) is 0 Å². The van der Waals surface area contributed by atoms with Crippen LogP contribution in [0.2, 0.25) is 5.02 Å². The minimum Gasteiger partial charge on any atom is -0.360 e. The molecule has 146 valence electrons. The number of ketones is 1. The molecule has 0 amide bonds. The molecule has 0 radical (unpaired) electrons. The van der Waals surface area contributed by atoms with E-state index in [9.17, 15) is 4.79 Å². The fraction of sp³-hybridized carbons (Fsp3) is 0.160. The Bertz CT molecular complexity index is 1130. The summed E-state index contributed by atoms with van der Waals surface area (Å²) in [6, 6.07) is 23.4. The van der Waals surface area contributed by atoms with Gasteiger partial charge in [0.1, 0.15) is 0 Å². The molecule has 0 saturated carbocycles. The van der Waals surface area contributed by atoms with E-state index in [1.807, 2.05) is 73.8 Å². The third-order valence-electron chi connectivity index (χ3n) is 5.20. The zero-order valence-electron chi connectivity index (χ0n) is 16.3. The van der Waals surface area contributed by atoms with E-state index >= 15 is 0 Å². The Labute approximate surface area is 175 Å². The molecule has 0 aliphatic heterocycles. The number of para-hydroxylation sites is 1. The molecular weight excluding hydrogens is 380 g/mol. The van der Waals surface area contributed by atoms with Crippen molar-refractivity contribution in [2.75, 3.05) is 6.54 Å². The standard InChI is InChI=1S/C25H23ClN2O/c1-17-11-12-18(22(26)15-17)13-14-27-24(19-7-3-2-4-8-19)25(29)21-16-28-23-10-6-5-9-20(21)23/h2-12,15-16,24,27-28H,13-14H2,1H3/t24-/m1/s1. The maximum atomic E-state index is 13.5. The number of fused-ring (bicyclic) bond motifs is 1. The molecule has 0 fully saturated rings. The lowest BCUT2D eigenvalue weighted by Gasteiger charge is -2.18. The number of aryl methyl sites for hydroxylation is 1. The number of hydrogen-bond donors (Lipinski definition) is 2. The molecule has 0 aliphatic rings. The number of benzene rings is 3. The minimum atomic E-state index is -0.417. The second-order valence-electron chi connectivity index (χ2n) is 7.25. The summed E-state index contributed by atoms with van der Waals surface area (Å²) in [6.07, 6.45) is 2.56. The topological polar surface area (TPSA) is 44.9 Å². The molecule has 1 atom stereocenters. The van der Waals surface area contributed by atoms with Gasteiger partial charge in [-0.25, -0.2) is 0 Å². The van der Waals surface area contributed by atoms with Crippen LogP contribution in [0.15, 0.2) is 79.0 Å². The molecule has 3 nitrogen and oxygen atoms in total. The van der Waals surface area contributed by atoms with E-state index in [1.54, 1.807) is 0 Å². The summed E-state index contributed by atoms with van der Waals surface area (Å²) in [6.45, 7) is 2.68. The summed E-state index contributed by atoms with van der Waals surface area (Å²) in [4.78, 5) is 16.7. The average Bonchev–Trinajstić information content (AvgIpc) is 3.17. The summed E-state index contributed by atoms with van der Waals surface area (Å²) in [5.41, 5.74) is 4.85. The van der Waals surface area contributed by atoms with E-state index in [-0.39, 0.29) is 5.78 Å². The first kappa shape index (κ1) is 19.4. The van der Waals surface area contributed by atoms with Gasteiger partial charge < -0.3 is 10.3 Å². The molecule has 4 aromatic rings. The van der Waals surface area contributed by atoms with Crippen LogP contribution < -0.4 is 5.32 Å². The fourth-order valence-corrected chi connectivity index (χ4v) is 3.97. The van der Waals surface area contributed by atoms with Gasteiger partial charge in [-0.3, -0.25) is 4.79 Å². The molecule has 29 heavy (non-hydrogen) atoms. The fourth-order valence-electron chi connectivity index (χ4n) is 3.64. The van der Waals surface area contributed by atoms with Crippen LogP contribution in [0, 0.1) is 6.92 Å². The number of rotatable bonds is 7. The lowest BCUT2D eigenvalue weighted by atomic mass is 9.96. The number of nitrogens with one attached hydrogen (secondary N) is 2. The van der Waals surface area contributed by atoms with Gasteiger partial charge in [0, 0.05) is 34.2 Å². The number of carbonyl (C=O) groups is 1. The van der Waals surface area contributed by atoms with Gasteiger partial charge in [0.2, 0.25) is 0 Å². The first-order valence-electron chi connectivity index (χ1n) is 9.77. The molecule has 3 aromatic carbocycles. The van der Waals surface area contributed by atoms with Crippen molar-refractivity contribution in [1.29, 1.82) is 0 Å². The van der Waals surface area contributed by atoms with Crippen LogP contribution in [-0.4, -0.2) is 17.3 Å². The molecule has 0 spiro atoms. The van der Waals surface area contributed by atoms with Gasteiger partial charge in [0.15, 0.2) is 5.78 Å². The molecule has 1 heterocycles. The van der Waals surface area contributed by atoms with Crippen molar-refractivity contribution in [3.63, 3.8) is 0 Å². The number of hydrogen-bond acceptors (Lipinski definition) is 2. The first-order valence-corrected chi connectivity index (χ1v) is 10.1. The highest BCUT2D eigenvalue weighted by Crippen LogP contribution is 2.25. The highest BCUT2D eigenvalue weighted by atomic mass is 35.5. The van der Waals surface area contributed by atoms with Crippen LogP contribution >= 0.6 is 11.6 Å². The summed E-state index contributed by atoms with van der Waals surface area (Å²) in [7, 11) is 0. The summed E-state index contributed by atoms with van der Waals surface area (Å²) in [5.74, 6) is 0.0589. The highest BCUT2D eigenvalue weighted by Gasteiger charge is 2.23. The molecular formula is C25H23ClN2O. The second-order valence-corrected chi connectivity index (χ2v) is 7.66. The van der Waals surface area contributed by atoms with Gasteiger partial charge in [0.05, 0.1) is 6.04 Å². The molecule has 4 heteroatoms. The highest BCUT2D eigenvalue weighted by molar-refractivity contribution is 6.31. The Morgan fingerprint density at radius 1 is 1.03 bits per heavy atom. The van der Waals surface area contributed by atoms with Crippen LogP contribution in [-0.2, 0) is 6.42 Å². The quantitative estimate of drug-likeness (QED) is 0.379. The predicted octanol–water partition coefficient (Wildman–Crippen LogP) is 5.89. The Morgan fingerprint density at radius 3 is 2.59 bits per heavy atom. The zero-order chi connectivity index (χ0) is 20.2. The summed E-state index contributed by atoms with van der Waals surface area (Å²) >= 11 is 6.37. The molecule has 0 bridgehead atoms. The van der Waals surface area contributed by atoms with Gasteiger partial charge in [-0.15, -0.1) is 0 Å². The van der Waals surface area contributed by atoms with E-state index in [1.165, 1.54) is 0 Å². The van der Waals surface area contributed by atoms with Crippen LogP contribution in [0.25, 0.3) is 10.9 Å². The Kier molecular flexibility index (Phi) is 5.79. The van der Waals surface area contributed by atoms with Gasteiger partial charge in [-0.1, -0.05) is 72.3 Å². The van der Waals surface area contributed by atoms with Gasteiger partial charge in [0.25, 0.3) is 0 Å². The van der Waals surface area contributed by atoms with Crippen molar-refractivity contribution in [3.05, 3.63) is 106 Å². The zero-order valence-corrected chi connectivity index (χ0v) is 17.0. The lowest BCUT2D eigenvalue weighted by molar-refractivity contribution is 0.0945. The number of halogens is 1. The van der Waals surface area contributed by atoms with Crippen molar-refractivity contribution in [3.8, 4) is 0 Å². The SMILES string of the molecule is Cc1ccc(CCN[C@@H](C(=O)c2c[nH]c3ccccc23)c2ccccc2)c(Cl)c1. The number of Topliss-reactive ketones (excluding diaryl/α,β-unsaturated/α-hetero) is 1. The van der Waals surface area contributed by atoms with E-state index in [2.05, 4.69) is 22.4 Å². The lowest BCUT2D eigenvalue weighted by Crippen LogP contribution is -2.30. The second kappa shape index (κ2) is 8.64. The largest absolute Gasteiger partial charge is 0.360 e. The van der Waals surface area contributed by atoms with Crippen molar-refractivity contribution in [2.45, 2.75) is 19.4 Å². The number of aromatic amines is 1. The Morgan fingerprint density at radius 2 is 1.79 bits per heavy atom. The minimum absolute atomic E-state index is 0.0589.